The highest BCUT2D eigenvalue weighted by molar-refractivity contribution is 8.14. The van der Waals surface area contributed by atoms with E-state index in [1.54, 1.807) is 22.7 Å². The monoisotopic (exact) mass is 372 g/mol. The van der Waals surface area contributed by atoms with Crippen molar-refractivity contribution < 1.29 is 9.59 Å². The molecule has 0 saturated carbocycles. The van der Waals surface area contributed by atoms with Crippen molar-refractivity contribution in [3.05, 3.63) is 70.4 Å². The van der Waals surface area contributed by atoms with Crippen LogP contribution in [0.2, 0.25) is 0 Å². The number of hydrogen-bond acceptors (Lipinski definition) is 5. The fourth-order valence-electron chi connectivity index (χ4n) is 2.22. The van der Waals surface area contributed by atoms with Crippen LogP contribution in [0, 0.1) is 0 Å². The average Bonchev–Trinajstić information content (AvgIpc) is 3.30. The van der Waals surface area contributed by atoms with Crippen LogP contribution in [-0.2, 0) is 0 Å². The number of Topliss-reactive ketones (excluding diaryl/α,β-unsaturated/α-hetero) is 1. The van der Waals surface area contributed by atoms with Gasteiger partial charge in [0.05, 0.1) is 4.88 Å². The Hall–Kier alpha value is -1.69. The van der Waals surface area contributed by atoms with Gasteiger partial charge in [0.1, 0.15) is 0 Å². The molecule has 0 aliphatic heterocycles. The van der Waals surface area contributed by atoms with E-state index >= 15 is 0 Å². The number of thiophene rings is 2. The molecule has 3 rings (SSSR count). The van der Waals surface area contributed by atoms with Crippen LogP contribution in [0.15, 0.2) is 60.0 Å². The van der Waals surface area contributed by atoms with Gasteiger partial charge in [-0.25, -0.2) is 0 Å². The molecule has 0 fully saturated rings. The van der Waals surface area contributed by atoms with Crippen LogP contribution in [-0.4, -0.2) is 16.7 Å². The quantitative estimate of drug-likeness (QED) is 0.376. The normalized spacial score (nSPS) is 10.7. The van der Waals surface area contributed by atoms with E-state index in [-0.39, 0.29) is 10.9 Å². The number of rotatable bonds is 7. The molecule has 0 unspecified atom stereocenters. The maximum absolute atomic E-state index is 12.3. The van der Waals surface area contributed by atoms with E-state index in [9.17, 15) is 9.59 Å². The standard InChI is InChI=1S/C19H16O2S3/c20-15(16-10-11-18(24-16)17-9-5-12-22-17)8-4-13-23-19(21)14-6-2-1-3-7-14/h1-3,5-7,9-12H,4,8,13H2. The molecule has 0 aliphatic carbocycles. The van der Waals surface area contributed by atoms with E-state index in [1.807, 2.05) is 53.9 Å². The summed E-state index contributed by atoms with van der Waals surface area (Å²) in [7, 11) is 0. The zero-order valence-electron chi connectivity index (χ0n) is 12.9. The van der Waals surface area contributed by atoms with E-state index in [2.05, 4.69) is 6.07 Å². The highest BCUT2D eigenvalue weighted by Gasteiger charge is 2.11. The molecular formula is C19H16O2S3. The van der Waals surface area contributed by atoms with Gasteiger partial charge in [-0.1, -0.05) is 48.2 Å². The highest BCUT2D eigenvalue weighted by Crippen LogP contribution is 2.32. The second-order valence-corrected chi connectivity index (χ2v) is 8.27. The van der Waals surface area contributed by atoms with Crippen molar-refractivity contribution in [2.24, 2.45) is 0 Å². The summed E-state index contributed by atoms with van der Waals surface area (Å²) in [6.45, 7) is 0. The largest absolute Gasteiger partial charge is 0.293 e. The molecule has 2 aromatic heterocycles. The second-order valence-electron chi connectivity index (χ2n) is 5.17. The fraction of sp³-hybridized carbons (Fsp3) is 0.158. The van der Waals surface area contributed by atoms with Crippen molar-refractivity contribution in [3.8, 4) is 9.75 Å². The molecule has 0 bridgehead atoms. The smallest absolute Gasteiger partial charge is 0.219 e. The highest BCUT2D eigenvalue weighted by atomic mass is 32.2. The van der Waals surface area contributed by atoms with Crippen LogP contribution in [0.1, 0.15) is 32.9 Å². The van der Waals surface area contributed by atoms with Crippen LogP contribution >= 0.6 is 34.4 Å². The van der Waals surface area contributed by atoms with E-state index < -0.39 is 0 Å². The lowest BCUT2D eigenvalue weighted by molar-refractivity contribution is 0.0984. The summed E-state index contributed by atoms with van der Waals surface area (Å²) in [6.07, 6.45) is 1.20. The van der Waals surface area contributed by atoms with Crippen molar-refractivity contribution in [2.75, 3.05) is 5.75 Å². The molecule has 3 aromatic rings. The van der Waals surface area contributed by atoms with Crippen LogP contribution in [0.5, 0.6) is 0 Å². The molecule has 0 radical (unpaired) electrons. The van der Waals surface area contributed by atoms with Crippen LogP contribution in [0.3, 0.4) is 0 Å². The lowest BCUT2D eigenvalue weighted by Gasteiger charge is -2.00. The molecule has 24 heavy (non-hydrogen) atoms. The van der Waals surface area contributed by atoms with E-state index in [4.69, 9.17) is 0 Å². The molecule has 0 aliphatic rings. The van der Waals surface area contributed by atoms with E-state index in [0.29, 0.717) is 24.2 Å². The Labute approximate surface area is 153 Å². The Morgan fingerprint density at radius 3 is 2.50 bits per heavy atom. The Balaban J connectivity index is 1.45. The molecule has 0 spiro atoms. The van der Waals surface area contributed by atoms with Gasteiger partial charge >= 0.3 is 0 Å². The van der Waals surface area contributed by atoms with Crippen molar-refractivity contribution in [1.82, 2.24) is 0 Å². The minimum Gasteiger partial charge on any atom is -0.293 e. The first-order valence-electron chi connectivity index (χ1n) is 7.63. The maximum Gasteiger partial charge on any atom is 0.219 e. The Morgan fingerprint density at radius 1 is 0.917 bits per heavy atom. The first-order chi connectivity index (χ1) is 11.7. The minimum atomic E-state index is 0.0687. The van der Waals surface area contributed by atoms with Crippen LogP contribution in [0.25, 0.3) is 9.75 Å². The number of carbonyl (C=O) groups excluding carboxylic acids is 2. The zero-order chi connectivity index (χ0) is 16.8. The van der Waals surface area contributed by atoms with Gasteiger partial charge in [0.25, 0.3) is 0 Å². The molecule has 0 N–H and O–H groups in total. The van der Waals surface area contributed by atoms with Gasteiger partial charge in [0.15, 0.2) is 5.78 Å². The third-order valence-electron chi connectivity index (χ3n) is 3.44. The summed E-state index contributed by atoms with van der Waals surface area (Å²) in [5, 5.41) is 2.11. The summed E-state index contributed by atoms with van der Waals surface area (Å²) >= 11 is 4.51. The van der Waals surface area contributed by atoms with Gasteiger partial charge in [0, 0.05) is 27.5 Å². The Bertz CT molecular complexity index is 804. The second kappa shape index (κ2) is 8.42. The molecule has 2 heterocycles. The number of hydrogen-bond donors (Lipinski definition) is 0. The molecule has 5 heteroatoms. The molecule has 0 atom stereocenters. The van der Waals surface area contributed by atoms with Crippen molar-refractivity contribution in [3.63, 3.8) is 0 Å². The zero-order valence-corrected chi connectivity index (χ0v) is 15.4. The number of thioether (sulfide) groups is 1. The van der Waals surface area contributed by atoms with E-state index in [0.717, 1.165) is 9.75 Å². The average molecular weight is 373 g/mol. The number of carbonyl (C=O) groups is 2. The summed E-state index contributed by atoms with van der Waals surface area (Å²) in [5.41, 5.74) is 0.715. The van der Waals surface area contributed by atoms with Gasteiger partial charge in [-0.2, -0.15) is 0 Å². The lowest BCUT2D eigenvalue weighted by atomic mass is 10.2. The van der Waals surface area contributed by atoms with Gasteiger partial charge in [-0.05, 0) is 30.0 Å². The molecule has 0 amide bonds. The van der Waals surface area contributed by atoms with Crippen LogP contribution in [0.4, 0.5) is 0 Å². The van der Waals surface area contributed by atoms with Gasteiger partial charge in [-0.15, -0.1) is 22.7 Å². The Kier molecular flexibility index (Phi) is 6.01. The first kappa shape index (κ1) is 17.1. The summed E-state index contributed by atoms with van der Waals surface area (Å²) in [4.78, 5) is 27.4. The molecule has 0 saturated heterocycles. The van der Waals surface area contributed by atoms with Gasteiger partial charge in [-0.3, -0.25) is 9.59 Å². The predicted molar refractivity (Wildman–Crippen MR) is 104 cm³/mol. The topological polar surface area (TPSA) is 34.1 Å². The third kappa shape index (κ3) is 4.44. The van der Waals surface area contributed by atoms with Crippen molar-refractivity contribution in [2.45, 2.75) is 12.8 Å². The molecule has 1 aromatic carbocycles. The maximum atomic E-state index is 12.3. The Morgan fingerprint density at radius 2 is 1.75 bits per heavy atom. The lowest BCUT2D eigenvalue weighted by Crippen LogP contribution is -1.99. The molecule has 2 nitrogen and oxygen atoms in total. The van der Waals surface area contributed by atoms with Gasteiger partial charge in [0.2, 0.25) is 5.12 Å². The third-order valence-corrected chi connectivity index (χ3v) is 6.62. The molecular weight excluding hydrogens is 356 g/mol. The number of benzene rings is 1. The molecule has 122 valence electrons. The van der Waals surface area contributed by atoms with Gasteiger partial charge < -0.3 is 0 Å². The van der Waals surface area contributed by atoms with Crippen molar-refractivity contribution >= 4 is 45.3 Å². The summed E-state index contributed by atoms with van der Waals surface area (Å²) in [5.74, 6) is 0.832. The SMILES string of the molecule is O=C(SCCCC(=O)c1ccc(-c2cccs2)s1)c1ccccc1. The minimum absolute atomic E-state index is 0.0687. The summed E-state index contributed by atoms with van der Waals surface area (Å²) < 4.78 is 0. The predicted octanol–water partition coefficient (Wildman–Crippen LogP) is 6.01. The number of ketones is 1. The van der Waals surface area contributed by atoms with E-state index in [1.165, 1.54) is 16.6 Å². The van der Waals surface area contributed by atoms with Crippen molar-refractivity contribution in [1.29, 1.82) is 0 Å². The van der Waals surface area contributed by atoms with Crippen LogP contribution < -0.4 is 0 Å². The fourth-order valence-corrected chi connectivity index (χ4v) is 4.80. The first-order valence-corrected chi connectivity index (χ1v) is 10.3. The summed E-state index contributed by atoms with van der Waals surface area (Å²) in [6, 6.07) is 17.3.